The van der Waals surface area contributed by atoms with E-state index in [4.69, 9.17) is 0 Å². The maximum Gasteiger partial charge on any atom is 0.170 e. The zero-order valence-electron chi connectivity index (χ0n) is 13.9. The number of nitrogens with zero attached hydrogens (tertiary/aromatic N) is 2. The Balaban J connectivity index is 2.21. The van der Waals surface area contributed by atoms with Crippen molar-refractivity contribution in [3.05, 3.63) is 23.6 Å². The fraction of sp³-hybridized carbons (Fsp3) is 0.706. The average Bonchev–Trinajstić information content (AvgIpc) is 2.40. The lowest BCUT2D eigenvalue weighted by Gasteiger charge is -2.39. The first-order valence-electron chi connectivity index (χ1n) is 7.94. The minimum atomic E-state index is -0.171. The molecule has 1 fully saturated rings. The van der Waals surface area contributed by atoms with Gasteiger partial charge in [0.1, 0.15) is 0 Å². The van der Waals surface area contributed by atoms with Crippen LogP contribution in [0.25, 0.3) is 0 Å². The fourth-order valence-electron chi connectivity index (χ4n) is 2.80. The van der Waals surface area contributed by atoms with Gasteiger partial charge >= 0.3 is 0 Å². The largest absolute Gasteiger partial charge is 0.351 e. The summed E-state index contributed by atoms with van der Waals surface area (Å²) in [4.78, 5) is 6.44. The monoisotopic (exact) mass is 293 g/mol. The molecule has 1 aromatic rings. The number of piperidine rings is 1. The Kier molecular flexibility index (Phi) is 4.87. The lowest BCUT2D eigenvalue weighted by atomic mass is 9.92. The zero-order chi connectivity index (χ0) is 15.6. The summed E-state index contributed by atoms with van der Waals surface area (Å²) >= 11 is 0. The van der Waals surface area contributed by atoms with Crippen LogP contribution in [0.15, 0.2) is 12.3 Å². The fourth-order valence-corrected chi connectivity index (χ4v) is 2.80. The number of aromatic nitrogens is 1. The van der Waals surface area contributed by atoms with Crippen LogP contribution >= 0.6 is 0 Å². The minimum Gasteiger partial charge on any atom is -0.351 e. The average molecular weight is 293 g/mol. The van der Waals surface area contributed by atoms with Gasteiger partial charge in [0, 0.05) is 36.4 Å². The molecule has 1 saturated heterocycles. The number of anilines is 1. The summed E-state index contributed by atoms with van der Waals surface area (Å²) in [5.41, 5.74) is 0.670. The summed E-state index contributed by atoms with van der Waals surface area (Å²) in [6.45, 7) is 12.1. The molecule has 2 rings (SSSR count). The molecule has 0 radical (unpaired) electrons. The summed E-state index contributed by atoms with van der Waals surface area (Å²) in [6, 6.07) is 2.11. The molecule has 0 aromatic carbocycles. The van der Waals surface area contributed by atoms with Gasteiger partial charge in [-0.25, -0.2) is 9.37 Å². The molecule has 2 heterocycles. The van der Waals surface area contributed by atoms with Crippen LogP contribution < -0.4 is 10.2 Å². The van der Waals surface area contributed by atoms with Gasteiger partial charge in [-0.3, -0.25) is 0 Å². The molecule has 2 atom stereocenters. The molecule has 0 amide bonds. The number of pyridine rings is 1. The van der Waals surface area contributed by atoms with Crippen molar-refractivity contribution in [2.24, 2.45) is 5.92 Å². The van der Waals surface area contributed by atoms with Crippen LogP contribution in [0.3, 0.4) is 0 Å². The van der Waals surface area contributed by atoms with Crippen molar-refractivity contribution < 1.29 is 4.39 Å². The van der Waals surface area contributed by atoms with E-state index in [9.17, 15) is 4.39 Å². The molecule has 3 nitrogen and oxygen atoms in total. The van der Waals surface area contributed by atoms with Gasteiger partial charge in [-0.2, -0.15) is 0 Å². The van der Waals surface area contributed by atoms with Gasteiger partial charge in [-0.1, -0.05) is 6.92 Å². The molecule has 0 saturated carbocycles. The summed E-state index contributed by atoms with van der Waals surface area (Å²) in [6.07, 6.45) is 4.05. The van der Waals surface area contributed by atoms with Crippen molar-refractivity contribution in [2.45, 2.75) is 65.6 Å². The predicted molar refractivity (Wildman–Crippen MR) is 86.0 cm³/mol. The van der Waals surface area contributed by atoms with Gasteiger partial charge in [0.05, 0.1) is 0 Å². The summed E-state index contributed by atoms with van der Waals surface area (Å²) in [7, 11) is 0. The van der Waals surface area contributed by atoms with Crippen molar-refractivity contribution in [3.63, 3.8) is 0 Å². The van der Waals surface area contributed by atoms with E-state index in [1.165, 1.54) is 6.42 Å². The standard InChI is InChI=1S/C17H28FN3/c1-12-7-6-10-21(13(12)2)16-15(18)14(8-9-19-16)11-20-17(3,4)5/h8-9,12-13,20H,6-7,10-11H2,1-5H3. The Morgan fingerprint density at radius 3 is 2.76 bits per heavy atom. The summed E-state index contributed by atoms with van der Waals surface area (Å²) < 4.78 is 14.8. The highest BCUT2D eigenvalue weighted by Crippen LogP contribution is 2.29. The van der Waals surface area contributed by atoms with Gasteiger partial charge in [0.15, 0.2) is 11.6 Å². The predicted octanol–water partition coefficient (Wildman–Crippen LogP) is 3.73. The molecular weight excluding hydrogens is 265 g/mol. The molecule has 0 spiro atoms. The third-order valence-electron chi connectivity index (χ3n) is 4.41. The number of halogens is 1. The first kappa shape index (κ1) is 16.2. The second-order valence-corrected chi connectivity index (χ2v) is 7.26. The normalized spacial score (nSPS) is 23.4. The van der Waals surface area contributed by atoms with Crippen LogP contribution in [0.5, 0.6) is 0 Å². The Morgan fingerprint density at radius 1 is 1.38 bits per heavy atom. The van der Waals surface area contributed by atoms with Gasteiger partial charge in [0.2, 0.25) is 0 Å². The van der Waals surface area contributed by atoms with E-state index < -0.39 is 0 Å². The zero-order valence-corrected chi connectivity index (χ0v) is 13.9. The lowest BCUT2D eigenvalue weighted by Crippen LogP contribution is -2.43. The SMILES string of the molecule is CC1CCCN(c2nccc(CNC(C)(C)C)c2F)C1C. The van der Waals surface area contributed by atoms with E-state index in [0.29, 0.717) is 29.9 Å². The molecule has 1 N–H and O–H groups in total. The van der Waals surface area contributed by atoms with Gasteiger partial charge in [-0.05, 0) is 52.5 Å². The third-order valence-corrected chi connectivity index (χ3v) is 4.41. The van der Waals surface area contributed by atoms with Gasteiger partial charge in [0.25, 0.3) is 0 Å². The highest BCUT2D eigenvalue weighted by molar-refractivity contribution is 5.44. The molecule has 1 aromatic heterocycles. The van der Waals surface area contributed by atoms with E-state index in [1.807, 2.05) is 0 Å². The van der Waals surface area contributed by atoms with Gasteiger partial charge in [-0.15, -0.1) is 0 Å². The number of hydrogen-bond donors (Lipinski definition) is 1. The van der Waals surface area contributed by atoms with Crippen molar-refractivity contribution in [1.29, 1.82) is 0 Å². The highest BCUT2D eigenvalue weighted by Gasteiger charge is 2.28. The number of nitrogens with one attached hydrogen (secondary N) is 1. The molecule has 21 heavy (non-hydrogen) atoms. The Hall–Kier alpha value is -1.16. The first-order chi connectivity index (χ1) is 9.79. The van der Waals surface area contributed by atoms with Crippen LogP contribution in [-0.4, -0.2) is 23.1 Å². The van der Waals surface area contributed by atoms with Crippen molar-refractivity contribution >= 4 is 5.82 Å². The Morgan fingerprint density at radius 2 is 2.10 bits per heavy atom. The quantitative estimate of drug-likeness (QED) is 0.920. The maximum absolute atomic E-state index is 14.8. The molecular formula is C17H28FN3. The minimum absolute atomic E-state index is 0.0250. The van der Waals surface area contributed by atoms with Crippen molar-refractivity contribution in [3.8, 4) is 0 Å². The molecule has 2 unspecified atom stereocenters. The molecule has 0 bridgehead atoms. The van der Waals surface area contributed by atoms with Crippen LogP contribution in [0.2, 0.25) is 0 Å². The Labute approximate surface area is 127 Å². The molecule has 1 aliphatic heterocycles. The number of hydrogen-bond acceptors (Lipinski definition) is 3. The molecule has 4 heteroatoms. The number of rotatable bonds is 3. The van der Waals surface area contributed by atoms with E-state index in [1.54, 1.807) is 12.3 Å². The van der Waals surface area contributed by atoms with Crippen LogP contribution in [0.4, 0.5) is 10.2 Å². The van der Waals surface area contributed by atoms with Crippen LogP contribution in [0.1, 0.15) is 53.0 Å². The third kappa shape index (κ3) is 3.94. The molecule has 1 aliphatic rings. The smallest absolute Gasteiger partial charge is 0.170 e. The lowest BCUT2D eigenvalue weighted by molar-refractivity contribution is 0.357. The van der Waals surface area contributed by atoms with E-state index in [-0.39, 0.29) is 11.4 Å². The molecule has 0 aliphatic carbocycles. The first-order valence-corrected chi connectivity index (χ1v) is 7.94. The summed E-state index contributed by atoms with van der Waals surface area (Å²) in [5.74, 6) is 0.925. The highest BCUT2D eigenvalue weighted by atomic mass is 19.1. The van der Waals surface area contributed by atoms with Crippen molar-refractivity contribution in [2.75, 3.05) is 11.4 Å². The summed E-state index contributed by atoms with van der Waals surface area (Å²) in [5, 5.41) is 3.34. The topological polar surface area (TPSA) is 28.2 Å². The van der Waals surface area contributed by atoms with Crippen LogP contribution in [-0.2, 0) is 6.54 Å². The van der Waals surface area contributed by atoms with Crippen LogP contribution in [0, 0.1) is 11.7 Å². The second kappa shape index (κ2) is 6.30. The van der Waals surface area contributed by atoms with E-state index >= 15 is 0 Å². The second-order valence-electron chi connectivity index (χ2n) is 7.26. The maximum atomic E-state index is 14.8. The van der Waals surface area contributed by atoms with E-state index in [0.717, 1.165) is 13.0 Å². The van der Waals surface area contributed by atoms with E-state index in [2.05, 4.69) is 49.8 Å². The van der Waals surface area contributed by atoms with Gasteiger partial charge < -0.3 is 10.2 Å². The molecule has 118 valence electrons. The Bertz CT molecular complexity index is 481. The van der Waals surface area contributed by atoms with Crippen molar-refractivity contribution in [1.82, 2.24) is 10.3 Å².